The van der Waals surface area contributed by atoms with Crippen LogP contribution in [-0.2, 0) is 9.47 Å². The topological polar surface area (TPSA) is 38.8 Å². The minimum Gasteiger partial charge on any atom is -0.448 e. The van der Waals surface area contributed by atoms with E-state index in [9.17, 15) is 13.6 Å². The zero-order chi connectivity index (χ0) is 24.1. The van der Waals surface area contributed by atoms with E-state index in [0.29, 0.717) is 25.2 Å². The van der Waals surface area contributed by atoms with Crippen LogP contribution >= 0.6 is 0 Å². The average molecular weight is 474 g/mol. The number of amides is 1. The summed E-state index contributed by atoms with van der Waals surface area (Å²) in [5.41, 5.74) is 6.56. The van der Waals surface area contributed by atoms with E-state index in [0.717, 1.165) is 11.6 Å². The fraction of sp³-hybridized carbons (Fsp3) is 0.276. The van der Waals surface area contributed by atoms with Crippen LogP contribution in [0, 0.1) is 18.6 Å². The van der Waals surface area contributed by atoms with Gasteiger partial charge in [-0.3, -0.25) is 4.90 Å². The summed E-state index contributed by atoms with van der Waals surface area (Å²) in [6, 6.07) is 18.7. The van der Waals surface area contributed by atoms with Gasteiger partial charge in [0.2, 0.25) is 0 Å². The van der Waals surface area contributed by atoms with Gasteiger partial charge in [0.25, 0.3) is 0 Å². The Bertz CT molecular complexity index is 1310. The van der Waals surface area contributed by atoms with Crippen LogP contribution in [0.4, 0.5) is 13.6 Å². The number of benzene rings is 3. The van der Waals surface area contributed by atoms with E-state index in [-0.39, 0.29) is 36.3 Å². The molecule has 35 heavy (non-hydrogen) atoms. The first-order chi connectivity index (χ1) is 17.0. The molecular weight excluding hydrogens is 448 g/mol. The minimum atomic E-state index is -0.855. The predicted octanol–water partition coefficient (Wildman–Crippen LogP) is 6.08. The molecule has 3 aromatic carbocycles. The van der Waals surface area contributed by atoms with E-state index >= 15 is 0 Å². The van der Waals surface area contributed by atoms with Crippen molar-refractivity contribution in [3.63, 3.8) is 0 Å². The lowest BCUT2D eigenvalue weighted by atomic mass is 9.88. The molecule has 4 nitrogen and oxygen atoms in total. The second-order valence-corrected chi connectivity index (χ2v) is 9.40. The fourth-order valence-electron chi connectivity index (χ4n) is 5.75. The smallest absolute Gasteiger partial charge is 0.410 e. The molecule has 178 valence electrons. The predicted molar refractivity (Wildman–Crippen MR) is 129 cm³/mol. The molecule has 3 aromatic rings. The van der Waals surface area contributed by atoms with Crippen molar-refractivity contribution in [1.29, 1.82) is 0 Å². The van der Waals surface area contributed by atoms with Gasteiger partial charge in [-0.05, 0) is 58.4 Å². The third-order valence-electron chi connectivity index (χ3n) is 7.43. The Kier molecular flexibility index (Phi) is 5.41. The Hall–Kier alpha value is -3.51. The van der Waals surface area contributed by atoms with Gasteiger partial charge in [0.15, 0.2) is 11.6 Å². The molecule has 2 heterocycles. The third-order valence-corrected chi connectivity index (χ3v) is 7.43. The minimum absolute atomic E-state index is 0.0109. The lowest BCUT2D eigenvalue weighted by Crippen LogP contribution is -2.56. The summed E-state index contributed by atoms with van der Waals surface area (Å²) in [6.07, 6.45) is 2.05. The fourth-order valence-corrected chi connectivity index (χ4v) is 5.75. The summed E-state index contributed by atoms with van der Waals surface area (Å²) in [7, 11) is 0. The summed E-state index contributed by atoms with van der Waals surface area (Å²) < 4.78 is 39.5. The number of carbonyl (C=O) groups excluding carboxylic acids is 1. The van der Waals surface area contributed by atoms with Crippen LogP contribution in [0.25, 0.3) is 16.7 Å². The molecule has 0 N–H and O–H groups in total. The number of morpholine rings is 1. The molecule has 2 unspecified atom stereocenters. The highest BCUT2D eigenvalue weighted by molar-refractivity contribution is 5.79. The molecule has 2 aliphatic heterocycles. The Morgan fingerprint density at radius 3 is 2.34 bits per heavy atom. The maximum absolute atomic E-state index is 14.2. The Labute approximate surface area is 202 Å². The van der Waals surface area contributed by atoms with Crippen molar-refractivity contribution in [1.82, 2.24) is 4.90 Å². The van der Waals surface area contributed by atoms with E-state index in [1.54, 1.807) is 17.9 Å². The number of fused-ring (bicyclic) bond motifs is 5. The summed E-state index contributed by atoms with van der Waals surface area (Å²) in [5.74, 6) is -1.70. The number of hydrogen-bond acceptors (Lipinski definition) is 3. The molecule has 1 amide bonds. The van der Waals surface area contributed by atoms with Gasteiger partial charge in [0.05, 0.1) is 25.3 Å². The van der Waals surface area contributed by atoms with Crippen molar-refractivity contribution in [2.45, 2.75) is 31.3 Å². The lowest BCUT2D eigenvalue weighted by Gasteiger charge is -2.44. The highest BCUT2D eigenvalue weighted by atomic mass is 19.2. The number of carbonyl (C=O) groups is 1. The Morgan fingerprint density at radius 1 is 0.971 bits per heavy atom. The van der Waals surface area contributed by atoms with Crippen LogP contribution in [0.15, 0.2) is 66.7 Å². The van der Waals surface area contributed by atoms with Gasteiger partial charge in [0, 0.05) is 5.92 Å². The van der Waals surface area contributed by atoms with Crippen LogP contribution in [0.5, 0.6) is 0 Å². The van der Waals surface area contributed by atoms with E-state index in [2.05, 4.69) is 24.3 Å². The molecule has 0 aromatic heterocycles. The molecule has 1 fully saturated rings. The van der Waals surface area contributed by atoms with Crippen LogP contribution in [-0.4, -0.2) is 42.9 Å². The second kappa shape index (κ2) is 8.61. The van der Waals surface area contributed by atoms with Crippen LogP contribution in [0.1, 0.15) is 34.6 Å². The third kappa shape index (κ3) is 3.64. The van der Waals surface area contributed by atoms with Crippen molar-refractivity contribution >= 4 is 11.7 Å². The van der Waals surface area contributed by atoms with E-state index in [1.165, 1.54) is 22.3 Å². The van der Waals surface area contributed by atoms with Gasteiger partial charge in [-0.1, -0.05) is 60.7 Å². The van der Waals surface area contributed by atoms with E-state index in [1.807, 2.05) is 30.3 Å². The number of hydrogen-bond donors (Lipinski definition) is 0. The summed E-state index contributed by atoms with van der Waals surface area (Å²) >= 11 is 0. The molecule has 6 heteroatoms. The maximum Gasteiger partial charge on any atom is 0.410 e. The molecule has 0 radical (unpaired) electrons. The van der Waals surface area contributed by atoms with Gasteiger partial charge >= 0.3 is 6.09 Å². The first kappa shape index (κ1) is 22.0. The number of rotatable bonds is 3. The highest BCUT2D eigenvalue weighted by Gasteiger charge is 2.40. The molecule has 2 bridgehead atoms. The monoisotopic (exact) mass is 473 g/mol. The molecule has 0 saturated carbocycles. The maximum atomic E-state index is 14.2. The zero-order valence-corrected chi connectivity index (χ0v) is 19.3. The summed E-state index contributed by atoms with van der Waals surface area (Å²) in [4.78, 5) is 15.1. The van der Waals surface area contributed by atoms with Gasteiger partial charge < -0.3 is 9.47 Å². The molecule has 1 saturated heterocycles. The SMILES string of the molecule is Cc1c(C2=CC3COCC(C2)N3C(=O)OCC2c3ccccc3-c3ccccc32)ccc(F)c1F. The zero-order valence-electron chi connectivity index (χ0n) is 19.3. The average Bonchev–Trinajstić information content (AvgIpc) is 3.19. The molecule has 3 aliphatic rings. The summed E-state index contributed by atoms with van der Waals surface area (Å²) in [5, 5.41) is 0. The van der Waals surface area contributed by atoms with Crippen LogP contribution in [0.3, 0.4) is 0 Å². The first-order valence-corrected chi connectivity index (χ1v) is 11.9. The Balaban J connectivity index is 1.23. The largest absolute Gasteiger partial charge is 0.448 e. The Morgan fingerprint density at radius 2 is 1.66 bits per heavy atom. The summed E-state index contributed by atoms with van der Waals surface area (Å²) in [6.45, 7) is 2.55. The van der Waals surface area contributed by atoms with Gasteiger partial charge in [-0.15, -0.1) is 0 Å². The van der Waals surface area contributed by atoms with Crippen molar-refractivity contribution < 1.29 is 23.0 Å². The van der Waals surface area contributed by atoms with Crippen molar-refractivity contribution in [3.8, 4) is 11.1 Å². The number of nitrogens with zero attached hydrogens (tertiary/aromatic N) is 1. The normalized spacial score (nSPS) is 20.8. The molecule has 1 aliphatic carbocycles. The van der Waals surface area contributed by atoms with Crippen molar-refractivity contribution in [3.05, 3.63) is 101 Å². The van der Waals surface area contributed by atoms with Crippen molar-refractivity contribution in [2.24, 2.45) is 0 Å². The van der Waals surface area contributed by atoms with Gasteiger partial charge in [-0.25, -0.2) is 13.6 Å². The molecule has 6 rings (SSSR count). The molecule has 0 spiro atoms. The molecule has 2 atom stereocenters. The molecular formula is C29H25F2NO3. The quantitative estimate of drug-likeness (QED) is 0.463. The van der Waals surface area contributed by atoms with E-state index < -0.39 is 11.6 Å². The lowest BCUT2D eigenvalue weighted by molar-refractivity contribution is -0.0331. The number of ether oxygens (including phenoxy) is 2. The van der Waals surface area contributed by atoms with Crippen LogP contribution < -0.4 is 0 Å². The van der Waals surface area contributed by atoms with Gasteiger partial charge in [0.1, 0.15) is 6.61 Å². The van der Waals surface area contributed by atoms with Gasteiger partial charge in [-0.2, -0.15) is 0 Å². The van der Waals surface area contributed by atoms with Crippen molar-refractivity contribution in [2.75, 3.05) is 19.8 Å². The number of halogens is 2. The standard InChI is InChI=1S/C29H25F2NO3/c1-17-21(10-11-27(30)28(17)31)18-12-19-14-34-15-20(13-18)32(19)29(33)35-16-26-24-8-4-2-6-22(24)23-7-3-5-9-25(23)26/h2-12,19-20,26H,13-16H2,1H3. The first-order valence-electron chi connectivity index (χ1n) is 11.9. The highest BCUT2D eigenvalue weighted by Crippen LogP contribution is 2.44. The van der Waals surface area contributed by atoms with E-state index in [4.69, 9.17) is 9.47 Å². The second-order valence-electron chi connectivity index (χ2n) is 9.40. The van der Waals surface area contributed by atoms with Crippen LogP contribution in [0.2, 0.25) is 0 Å².